The average Bonchev–Trinajstić information content (AvgIpc) is 2.38. The molecule has 0 aromatic carbocycles. The maximum Gasteiger partial charge on any atom is 0.171 e. The van der Waals surface area contributed by atoms with Crippen LogP contribution in [0.2, 0.25) is 0 Å². The fourth-order valence-electron chi connectivity index (χ4n) is 3.41. The van der Waals surface area contributed by atoms with Gasteiger partial charge in [-0.25, -0.2) is 0 Å². The number of ether oxygens (including phenoxy) is 1. The summed E-state index contributed by atoms with van der Waals surface area (Å²) in [4.78, 5) is 0. The highest BCUT2D eigenvalue weighted by Crippen LogP contribution is 2.58. The summed E-state index contributed by atoms with van der Waals surface area (Å²) in [6.07, 6.45) is 5.32. The van der Waals surface area contributed by atoms with Crippen LogP contribution in [0.25, 0.3) is 0 Å². The van der Waals surface area contributed by atoms with Crippen molar-refractivity contribution in [3.8, 4) is 0 Å². The van der Waals surface area contributed by atoms with Crippen molar-refractivity contribution in [3.63, 3.8) is 0 Å². The van der Waals surface area contributed by atoms with Gasteiger partial charge in [-0.05, 0) is 25.2 Å². The van der Waals surface area contributed by atoms with Crippen molar-refractivity contribution in [1.29, 1.82) is 0 Å². The van der Waals surface area contributed by atoms with E-state index in [1.807, 2.05) is 0 Å². The molecular weight excluding hydrogens is 164 g/mol. The normalized spacial score (nSPS) is 49.6. The fraction of sp³-hybridized carbons (Fsp3) is 1.00. The molecule has 0 amide bonds. The summed E-state index contributed by atoms with van der Waals surface area (Å²) < 4.78 is 5.55. The van der Waals surface area contributed by atoms with E-state index in [2.05, 4.69) is 13.8 Å². The molecule has 2 rings (SSSR count). The Balaban J connectivity index is 2.22. The van der Waals surface area contributed by atoms with Gasteiger partial charge in [0.25, 0.3) is 0 Å². The van der Waals surface area contributed by atoms with Crippen molar-refractivity contribution in [2.24, 2.45) is 11.3 Å². The first-order chi connectivity index (χ1) is 6.12. The molecule has 0 bridgehead atoms. The van der Waals surface area contributed by atoms with E-state index in [4.69, 9.17) is 4.74 Å². The smallest absolute Gasteiger partial charge is 0.171 e. The lowest BCUT2D eigenvalue weighted by Crippen LogP contribution is -2.40. The van der Waals surface area contributed by atoms with E-state index in [1.165, 1.54) is 0 Å². The summed E-state index contributed by atoms with van der Waals surface area (Å²) in [7, 11) is 0. The molecular formula is C11H20O2. The minimum absolute atomic E-state index is 0.0984. The van der Waals surface area contributed by atoms with Crippen molar-refractivity contribution < 1.29 is 9.84 Å². The second-order valence-electron chi connectivity index (χ2n) is 4.93. The Morgan fingerprint density at radius 3 is 2.92 bits per heavy atom. The van der Waals surface area contributed by atoms with Crippen LogP contribution in [0.1, 0.15) is 46.0 Å². The largest absolute Gasteiger partial charge is 0.365 e. The van der Waals surface area contributed by atoms with E-state index in [1.54, 1.807) is 0 Å². The molecule has 1 aliphatic heterocycles. The molecule has 1 saturated carbocycles. The van der Waals surface area contributed by atoms with Crippen molar-refractivity contribution in [3.05, 3.63) is 0 Å². The first-order valence-electron chi connectivity index (χ1n) is 5.48. The summed E-state index contributed by atoms with van der Waals surface area (Å²) in [5.74, 6) is -0.153. The van der Waals surface area contributed by atoms with E-state index in [0.29, 0.717) is 5.92 Å². The van der Waals surface area contributed by atoms with Crippen LogP contribution in [0.4, 0.5) is 0 Å². The quantitative estimate of drug-likeness (QED) is 0.713. The summed E-state index contributed by atoms with van der Waals surface area (Å²) in [6.45, 7) is 5.16. The van der Waals surface area contributed by atoms with Gasteiger partial charge in [-0.2, -0.15) is 0 Å². The van der Waals surface area contributed by atoms with E-state index in [-0.39, 0.29) is 5.41 Å². The minimum Gasteiger partial charge on any atom is -0.365 e. The van der Waals surface area contributed by atoms with E-state index in [9.17, 15) is 5.11 Å². The average molecular weight is 184 g/mol. The molecule has 0 radical (unpaired) electrons. The zero-order valence-corrected chi connectivity index (χ0v) is 8.68. The number of fused-ring (bicyclic) bond motifs is 1. The third-order valence-corrected chi connectivity index (χ3v) is 3.84. The topological polar surface area (TPSA) is 29.5 Å². The second-order valence-corrected chi connectivity index (χ2v) is 4.93. The number of aliphatic hydroxyl groups is 1. The van der Waals surface area contributed by atoms with Crippen LogP contribution in [-0.4, -0.2) is 17.5 Å². The Morgan fingerprint density at radius 2 is 2.23 bits per heavy atom. The number of hydrogen-bond donors (Lipinski definition) is 1. The number of rotatable bonds is 2. The highest BCUT2D eigenvalue weighted by molar-refractivity contribution is 5.03. The summed E-state index contributed by atoms with van der Waals surface area (Å²) in [5.41, 5.74) is 0.0984. The molecule has 76 valence electrons. The molecule has 13 heavy (non-hydrogen) atoms. The molecule has 1 saturated heterocycles. The van der Waals surface area contributed by atoms with Gasteiger partial charge in [0, 0.05) is 11.8 Å². The Hall–Kier alpha value is -0.0800. The molecule has 1 heterocycles. The van der Waals surface area contributed by atoms with Crippen molar-refractivity contribution in [2.75, 3.05) is 6.61 Å². The Kier molecular flexibility index (Phi) is 2.16. The molecule has 2 aliphatic rings. The molecule has 2 fully saturated rings. The molecule has 2 nitrogen and oxygen atoms in total. The predicted octanol–water partition coefficient (Wildman–Crippen LogP) is 2.31. The molecule has 1 aliphatic carbocycles. The monoisotopic (exact) mass is 184 g/mol. The molecule has 2 heteroatoms. The summed E-state index contributed by atoms with van der Waals surface area (Å²) in [6, 6.07) is 0. The predicted molar refractivity (Wildman–Crippen MR) is 51.3 cm³/mol. The highest BCUT2D eigenvalue weighted by atomic mass is 16.6. The minimum atomic E-state index is -0.775. The third kappa shape index (κ3) is 1.23. The fourth-order valence-corrected chi connectivity index (χ4v) is 3.41. The molecule has 3 atom stereocenters. The molecule has 0 aromatic rings. The van der Waals surface area contributed by atoms with Crippen LogP contribution in [0.3, 0.4) is 0 Å². The van der Waals surface area contributed by atoms with Crippen LogP contribution >= 0.6 is 0 Å². The van der Waals surface area contributed by atoms with Gasteiger partial charge in [0.2, 0.25) is 0 Å². The lowest BCUT2D eigenvalue weighted by atomic mass is 9.76. The van der Waals surface area contributed by atoms with Crippen molar-refractivity contribution in [2.45, 2.75) is 51.7 Å². The summed E-state index contributed by atoms with van der Waals surface area (Å²) in [5, 5.41) is 10.4. The number of hydrogen-bond acceptors (Lipinski definition) is 2. The Labute approximate surface area is 80.3 Å². The standard InChI is InChI=1S/C11H20O2/c1-3-4-10-5-6-13-11(10,12)8-9(2)7-10/h9,12H,3-8H2,1-2H3. The van der Waals surface area contributed by atoms with E-state index < -0.39 is 5.79 Å². The highest BCUT2D eigenvalue weighted by Gasteiger charge is 2.59. The third-order valence-electron chi connectivity index (χ3n) is 3.84. The van der Waals surface area contributed by atoms with Crippen LogP contribution in [0, 0.1) is 11.3 Å². The van der Waals surface area contributed by atoms with Crippen LogP contribution in [-0.2, 0) is 4.74 Å². The van der Waals surface area contributed by atoms with Gasteiger partial charge in [-0.1, -0.05) is 20.3 Å². The summed E-state index contributed by atoms with van der Waals surface area (Å²) >= 11 is 0. The van der Waals surface area contributed by atoms with E-state index >= 15 is 0 Å². The van der Waals surface area contributed by atoms with Crippen molar-refractivity contribution >= 4 is 0 Å². The van der Waals surface area contributed by atoms with Gasteiger partial charge in [0.05, 0.1) is 6.61 Å². The van der Waals surface area contributed by atoms with Gasteiger partial charge in [0.1, 0.15) is 0 Å². The maximum atomic E-state index is 10.4. The van der Waals surface area contributed by atoms with Crippen LogP contribution in [0.5, 0.6) is 0 Å². The first-order valence-corrected chi connectivity index (χ1v) is 5.48. The zero-order valence-electron chi connectivity index (χ0n) is 8.68. The van der Waals surface area contributed by atoms with Gasteiger partial charge in [0.15, 0.2) is 5.79 Å². The Morgan fingerprint density at radius 1 is 1.46 bits per heavy atom. The second kappa shape index (κ2) is 2.96. The van der Waals surface area contributed by atoms with Gasteiger partial charge >= 0.3 is 0 Å². The SMILES string of the molecule is CCCC12CCOC1(O)CC(C)C2. The first kappa shape index (κ1) is 9.47. The molecule has 3 unspecified atom stereocenters. The van der Waals surface area contributed by atoms with Gasteiger partial charge < -0.3 is 9.84 Å². The maximum absolute atomic E-state index is 10.4. The lowest BCUT2D eigenvalue weighted by molar-refractivity contribution is -0.214. The Bertz CT molecular complexity index is 204. The van der Waals surface area contributed by atoms with E-state index in [0.717, 1.165) is 38.7 Å². The van der Waals surface area contributed by atoms with Crippen LogP contribution in [0.15, 0.2) is 0 Å². The lowest BCUT2D eigenvalue weighted by Gasteiger charge is -2.34. The van der Waals surface area contributed by atoms with Crippen molar-refractivity contribution in [1.82, 2.24) is 0 Å². The van der Waals surface area contributed by atoms with Crippen LogP contribution < -0.4 is 0 Å². The van der Waals surface area contributed by atoms with Gasteiger partial charge in [-0.3, -0.25) is 0 Å². The molecule has 0 spiro atoms. The zero-order chi connectivity index (χ0) is 9.53. The van der Waals surface area contributed by atoms with Gasteiger partial charge in [-0.15, -0.1) is 0 Å². The molecule has 0 aromatic heterocycles. The molecule has 1 N–H and O–H groups in total.